The Morgan fingerprint density at radius 1 is 1.19 bits per heavy atom. The van der Waals surface area contributed by atoms with Crippen molar-refractivity contribution in [3.8, 4) is 11.3 Å². The fourth-order valence-electron chi connectivity index (χ4n) is 4.92. The van der Waals surface area contributed by atoms with E-state index >= 15 is 0 Å². The number of rotatable bonds is 3. The number of hydrogen-bond donors (Lipinski definition) is 2. The molecule has 3 N–H and O–H groups in total. The Morgan fingerprint density at radius 3 is 2.70 bits per heavy atom. The predicted molar refractivity (Wildman–Crippen MR) is 127 cm³/mol. The zero-order valence-electron chi connectivity index (χ0n) is 20.3. The van der Waals surface area contributed by atoms with E-state index in [9.17, 15) is 22.4 Å². The van der Waals surface area contributed by atoms with E-state index in [0.29, 0.717) is 43.1 Å². The van der Waals surface area contributed by atoms with Gasteiger partial charge in [-0.25, -0.2) is 14.2 Å². The second-order valence-electron chi connectivity index (χ2n) is 9.87. The molecule has 0 bridgehead atoms. The summed E-state index contributed by atoms with van der Waals surface area (Å²) in [5.41, 5.74) is 4.55. The van der Waals surface area contributed by atoms with Gasteiger partial charge in [0.25, 0.3) is 0 Å². The highest BCUT2D eigenvalue weighted by Gasteiger charge is 2.47. The van der Waals surface area contributed by atoms with E-state index in [4.69, 9.17) is 10.5 Å². The van der Waals surface area contributed by atoms with Gasteiger partial charge < -0.3 is 20.7 Å². The average Bonchev–Trinajstić information content (AvgIpc) is 3.45. The average molecular weight is 519 g/mol. The molecule has 0 aliphatic carbocycles. The number of halogens is 4. The lowest BCUT2D eigenvalue weighted by molar-refractivity contribution is -0.137. The van der Waals surface area contributed by atoms with Gasteiger partial charge in [-0.05, 0) is 43.7 Å². The van der Waals surface area contributed by atoms with E-state index < -0.39 is 34.5 Å². The molecule has 2 aromatic heterocycles. The SMILES string of the molecule is CC(C)(NC(=O)N1CCC2(C1)OCCn1nc(-c3cnc(N)c(C(F)(F)F)c3)cc12)c1cccc(F)c1. The lowest BCUT2D eigenvalue weighted by Crippen LogP contribution is -2.49. The zero-order valence-corrected chi connectivity index (χ0v) is 20.3. The lowest BCUT2D eigenvalue weighted by atomic mass is 9.94. The van der Waals surface area contributed by atoms with E-state index in [1.807, 2.05) is 0 Å². The molecule has 1 atom stereocenters. The van der Waals surface area contributed by atoms with Crippen LogP contribution in [0.2, 0.25) is 0 Å². The monoisotopic (exact) mass is 518 g/mol. The third-order valence-electron chi connectivity index (χ3n) is 6.93. The number of urea groups is 1. The van der Waals surface area contributed by atoms with Crippen molar-refractivity contribution >= 4 is 11.8 Å². The minimum atomic E-state index is -4.64. The number of nitrogens with two attached hydrogens (primary N) is 1. The number of amides is 2. The maximum Gasteiger partial charge on any atom is 0.419 e. The quantitative estimate of drug-likeness (QED) is 0.505. The van der Waals surface area contributed by atoms with Gasteiger partial charge >= 0.3 is 12.2 Å². The van der Waals surface area contributed by atoms with Crippen molar-refractivity contribution in [1.82, 2.24) is 25.0 Å². The number of hydrogen-bond acceptors (Lipinski definition) is 5. The van der Waals surface area contributed by atoms with Gasteiger partial charge in [-0.15, -0.1) is 0 Å². The molecular formula is C25H26F4N6O2. The van der Waals surface area contributed by atoms with Crippen LogP contribution in [0.15, 0.2) is 42.6 Å². The number of pyridine rings is 1. The predicted octanol–water partition coefficient (Wildman–Crippen LogP) is 4.26. The number of nitrogens with zero attached hydrogens (tertiary/aromatic N) is 4. The summed E-state index contributed by atoms with van der Waals surface area (Å²) in [7, 11) is 0. The number of nitrogens with one attached hydrogen (secondary N) is 1. The molecule has 0 saturated carbocycles. The summed E-state index contributed by atoms with van der Waals surface area (Å²) >= 11 is 0. The number of fused-ring (bicyclic) bond motifs is 2. The van der Waals surface area contributed by atoms with Crippen molar-refractivity contribution in [3.05, 3.63) is 65.2 Å². The van der Waals surface area contributed by atoms with Crippen LogP contribution < -0.4 is 11.1 Å². The van der Waals surface area contributed by atoms with E-state index in [1.54, 1.807) is 41.6 Å². The number of nitrogen functional groups attached to an aromatic ring is 1. The molecule has 196 valence electrons. The van der Waals surface area contributed by atoms with Crippen LogP contribution in [0, 0.1) is 5.82 Å². The molecule has 1 fully saturated rings. The number of aromatic nitrogens is 3. The molecule has 3 aromatic rings. The molecule has 5 rings (SSSR count). The molecule has 4 heterocycles. The van der Waals surface area contributed by atoms with Crippen molar-refractivity contribution < 1.29 is 27.1 Å². The van der Waals surface area contributed by atoms with Crippen LogP contribution in [0.25, 0.3) is 11.3 Å². The fourth-order valence-corrected chi connectivity index (χ4v) is 4.92. The topological polar surface area (TPSA) is 98.3 Å². The Labute approximate surface area is 210 Å². The lowest BCUT2D eigenvalue weighted by Gasteiger charge is -2.35. The van der Waals surface area contributed by atoms with Gasteiger partial charge in [0.2, 0.25) is 0 Å². The van der Waals surface area contributed by atoms with Crippen LogP contribution in [0.4, 0.5) is 28.2 Å². The number of carbonyl (C=O) groups excluding carboxylic acids is 1. The third kappa shape index (κ3) is 4.61. The van der Waals surface area contributed by atoms with Crippen LogP contribution in [-0.2, 0) is 28.6 Å². The smallest absolute Gasteiger partial charge is 0.383 e. The van der Waals surface area contributed by atoms with Gasteiger partial charge in [0.15, 0.2) is 0 Å². The molecule has 1 spiro atoms. The summed E-state index contributed by atoms with van der Waals surface area (Å²) in [6.45, 7) is 4.97. The molecule has 2 amide bonds. The molecule has 1 aromatic carbocycles. The minimum Gasteiger partial charge on any atom is -0.383 e. The van der Waals surface area contributed by atoms with Crippen molar-refractivity contribution in [3.63, 3.8) is 0 Å². The van der Waals surface area contributed by atoms with E-state index in [2.05, 4.69) is 15.4 Å². The summed E-state index contributed by atoms with van der Waals surface area (Å²) in [6.07, 6.45) is -2.90. The van der Waals surface area contributed by atoms with Gasteiger partial charge in [0.05, 0.1) is 42.2 Å². The first-order chi connectivity index (χ1) is 17.4. The van der Waals surface area contributed by atoms with Gasteiger partial charge in [-0.2, -0.15) is 18.3 Å². The third-order valence-corrected chi connectivity index (χ3v) is 6.93. The van der Waals surface area contributed by atoms with Crippen molar-refractivity contribution in [2.45, 2.75) is 44.1 Å². The van der Waals surface area contributed by atoms with Crippen LogP contribution in [0.5, 0.6) is 0 Å². The van der Waals surface area contributed by atoms with E-state index in [1.165, 1.54) is 18.3 Å². The summed E-state index contributed by atoms with van der Waals surface area (Å²) in [5.74, 6) is -0.989. The molecular weight excluding hydrogens is 492 g/mol. The molecule has 1 unspecified atom stereocenters. The van der Waals surface area contributed by atoms with Crippen LogP contribution in [0.1, 0.15) is 37.1 Å². The Bertz CT molecular complexity index is 1360. The molecule has 12 heteroatoms. The van der Waals surface area contributed by atoms with Crippen LogP contribution in [-0.4, -0.2) is 45.4 Å². The van der Waals surface area contributed by atoms with E-state index in [0.717, 1.165) is 6.07 Å². The number of benzene rings is 1. The van der Waals surface area contributed by atoms with Gasteiger partial charge in [-0.1, -0.05) is 12.1 Å². The Balaban J connectivity index is 1.38. The van der Waals surface area contributed by atoms with Crippen molar-refractivity contribution in [2.24, 2.45) is 0 Å². The molecule has 2 aliphatic rings. The highest BCUT2D eigenvalue weighted by Crippen LogP contribution is 2.41. The number of likely N-dealkylation sites (tertiary alicyclic amines) is 1. The Kier molecular flexibility index (Phi) is 5.89. The first-order valence-electron chi connectivity index (χ1n) is 11.8. The van der Waals surface area contributed by atoms with Crippen LogP contribution in [0.3, 0.4) is 0 Å². The van der Waals surface area contributed by atoms with Gasteiger partial charge in [0.1, 0.15) is 17.2 Å². The second kappa shape index (κ2) is 8.72. The molecule has 0 radical (unpaired) electrons. The fraction of sp³-hybridized carbons (Fsp3) is 0.400. The molecule has 2 aliphatic heterocycles. The molecule has 1 saturated heterocycles. The summed E-state index contributed by atoms with van der Waals surface area (Å²) in [6, 6.07) is 8.35. The first kappa shape index (κ1) is 25.0. The second-order valence-corrected chi connectivity index (χ2v) is 9.87. The summed E-state index contributed by atoms with van der Waals surface area (Å²) in [4.78, 5) is 18.5. The number of ether oxygens (including phenoxy) is 1. The first-order valence-corrected chi connectivity index (χ1v) is 11.8. The Hall–Kier alpha value is -3.67. The summed E-state index contributed by atoms with van der Waals surface area (Å²) in [5, 5.41) is 7.46. The largest absolute Gasteiger partial charge is 0.419 e. The maximum atomic E-state index is 13.7. The maximum absolute atomic E-state index is 13.7. The minimum absolute atomic E-state index is 0.183. The normalized spacial score (nSPS) is 19.8. The number of carbonyl (C=O) groups is 1. The van der Waals surface area contributed by atoms with E-state index in [-0.39, 0.29) is 18.1 Å². The highest BCUT2D eigenvalue weighted by atomic mass is 19.4. The number of alkyl halides is 3. The standard InChI is InChI=1S/C25H26F4N6O2/c1-23(2,16-4-3-5-17(26)11-16)32-22(36)34-7-6-24(14-34)20-12-19(33-35(20)8-9-37-24)15-10-18(25(27,28)29)21(30)31-13-15/h3-5,10-13H,6-9,14H2,1-2H3,(H2,30,31)(H,32,36). The van der Waals surface area contributed by atoms with Crippen molar-refractivity contribution in [2.75, 3.05) is 25.4 Å². The van der Waals surface area contributed by atoms with Gasteiger partial charge in [-0.3, -0.25) is 4.68 Å². The van der Waals surface area contributed by atoms with Gasteiger partial charge in [0, 0.05) is 24.7 Å². The highest BCUT2D eigenvalue weighted by molar-refractivity contribution is 5.76. The Morgan fingerprint density at radius 2 is 1.97 bits per heavy atom. The van der Waals surface area contributed by atoms with Crippen molar-refractivity contribution in [1.29, 1.82) is 0 Å². The molecule has 8 nitrogen and oxygen atoms in total. The number of anilines is 1. The zero-order chi connectivity index (χ0) is 26.6. The van der Waals surface area contributed by atoms with Crippen LogP contribution >= 0.6 is 0 Å². The molecule has 37 heavy (non-hydrogen) atoms. The summed E-state index contributed by atoms with van der Waals surface area (Å²) < 4.78 is 61.6.